The first-order chi connectivity index (χ1) is 16.9. The second-order valence-corrected chi connectivity index (χ2v) is 8.30. The summed E-state index contributed by atoms with van der Waals surface area (Å²) in [6.45, 7) is -0.0705. The van der Waals surface area contributed by atoms with Gasteiger partial charge in [-0.2, -0.15) is 22.8 Å². The Morgan fingerprint density at radius 1 is 1.17 bits per heavy atom. The molecule has 3 aromatic rings. The molecule has 10 nitrogen and oxygen atoms in total. The number of hydrogen-bond acceptors (Lipinski definition) is 9. The summed E-state index contributed by atoms with van der Waals surface area (Å²) in [7, 11) is 0. The fraction of sp³-hybridized carbons (Fsp3) is 0.417. The van der Waals surface area contributed by atoms with Crippen molar-refractivity contribution in [3.05, 3.63) is 59.8 Å². The lowest BCUT2D eigenvalue weighted by molar-refractivity contribution is -0.184. The molecule has 0 unspecified atom stereocenters. The topological polar surface area (TPSA) is 159 Å². The van der Waals surface area contributed by atoms with Gasteiger partial charge in [-0.05, 0) is 55.1 Å². The summed E-state index contributed by atoms with van der Waals surface area (Å²) in [6.07, 6.45) is 11.7. The van der Waals surface area contributed by atoms with Crippen LogP contribution in [-0.4, -0.2) is 63.9 Å². The van der Waals surface area contributed by atoms with Crippen LogP contribution >= 0.6 is 12.6 Å². The zero-order valence-electron chi connectivity index (χ0n) is 19.8. The van der Waals surface area contributed by atoms with Gasteiger partial charge in [-0.3, -0.25) is 5.10 Å². The maximum absolute atomic E-state index is 9.59. The van der Waals surface area contributed by atoms with Crippen LogP contribution in [-0.2, 0) is 19.4 Å². The number of allylic oxidation sites excluding steroid dienone is 2. The Kier molecular flexibility index (Phi) is 9.61. The minimum Gasteiger partial charge on any atom is -0.391 e. The second kappa shape index (κ2) is 12.6. The molecule has 6 N–H and O–H groups in total. The van der Waals surface area contributed by atoms with Gasteiger partial charge in [0.2, 0.25) is 0 Å². The van der Waals surface area contributed by atoms with Gasteiger partial charge in [0.15, 0.2) is 17.3 Å². The molecule has 1 aromatic carbocycles. The van der Waals surface area contributed by atoms with Gasteiger partial charge in [-0.15, -0.1) is 0 Å². The van der Waals surface area contributed by atoms with E-state index in [0.717, 1.165) is 48.8 Å². The van der Waals surface area contributed by atoms with E-state index in [1.807, 2.05) is 24.3 Å². The van der Waals surface area contributed by atoms with Gasteiger partial charge in [0.05, 0.1) is 18.2 Å². The van der Waals surface area contributed by atoms with Crippen molar-refractivity contribution in [2.45, 2.75) is 50.9 Å². The molecule has 0 saturated heterocycles. The highest BCUT2D eigenvalue weighted by Crippen LogP contribution is 2.25. The number of nitrogens with zero attached hydrogens (tertiary/aromatic N) is 5. The smallest absolute Gasteiger partial charge is 0.190 e. The Labute approximate surface area is 209 Å². The Bertz CT molecular complexity index is 1190. The zero-order chi connectivity index (χ0) is 25.3. The van der Waals surface area contributed by atoms with E-state index >= 15 is 0 Å². The van der Waals surface area contributed by atoms with E-state index in [1.54, 1.807) is 17.1 Å². The molecule has 1 aliphatic carbocycles. The third-order valence-electron chi connectivity index (χ3n) is 5.67. The molecular weight excluding hydrogens is 466 g/mol. The average Bonchev–Trinajstić information content (AvgIpc) is 3.54. The number of aliphatic hydroxyl groups is 3. The van der Waals surface area contributed by atoms with E-state index in [1.165, 1.54) is 6.33 Å². The maximum atomic E-state index is 9.59. The number of thiol groups is 1. The minimum absolute atomic E-state index is 0.0273. The number of anilines is 1. The highest BCUT2D eigenvalue weighted by Gasteiger charge is 2.21. The van der Waals surface area contributed by atoms with Crippen LogP contribution in [0.5, 0.6) is 0 Å². The summed E-state index contributed by atoms with van der Waals surface area (Å²) < 4.78 is 1.80. The van der Waals surface area contributed by atoms with Crippen LogP contribution in [0.4, 0.5) is 5.82 Å². The molecule has 2 aromatic heterocycles. The van der Waals surface area contributed by atoms with Crippen molar-refractivity contribution in [2.24, 2.45) is 0 Å². The van der Waals surface area contributed by atoms with E-state index in [0.29, 0.717) is 29.2 Å². The van der Waals surface area contributed by atoms with E-state index in [9.17, 15) is 10.2 Å². The lowest BCUT2D eigenvalue weighted by Gasteiger charge is -2.18. The van der Waals surface area contributed by atoms with Crippen molar-refractivity contribution in [2.75, 3.05) is 18.6 Å². The average molecular weight is 500 g/mol. The number of nitrogen functional groups attached to an aromatic ring is 1. The van der Waals surface area contributed by atoms with Gasteiger partial charge in [0, 0.05) is 13.0 Å². The molecule has 0 spiro atoms. The molecule has 4 rings (SSSR count). The van der Waals surface area contributed by atoms with Crippen molar-refractivity contribution < 1.29 is 15.3 Å². The molecule has 11 heteroatoms. The third kappa shape index (κ3) is 7.25. The number of H-pyrrole nitrogens is 1. The number of hydrogen-bond donors (Lipinski definition) is 6. The maximum Gasteiger partial charge on any atom is 0.190 e. The summed E-state index contributed by atoms with van der Waals surface area (Å²) in [5, 5.41) is 40.4. The normalized spacial score (nSPS) is 13.2. The lowest BCUT2D eigenvalue weighted by Crippen LogP contribution is -2.35. The van der Waals surface area contributed by atoms with Gasteiger partial charge >= 0.3 is 0 Å². The Morgan fingerprint density at radius 2 is 1.91 bits per heavy atom. The molecule has 0 saturated carbocycles. The second-order valence-electron chi connectivity index (χ2n) is 8.30. The highest BCUT2D eigenvalue weighted by molar-refractivity contribution is 7.79. The number of nitrogens with two attached hydrogens (primary N) is 1. The fourth-order valence-electron chi connectivity index (χ4n) is 3.91. The number of nitrogens with one attached hydrogen (secondary N) is 1. The number of aliphatic hydroxyl groups excluding tert-OH is 1. The van der Waals surface area contributed by atoms with Crippen LogP contribution in [0.15, 0.2) is 42.9 Å². The van der Waals surface area contributed by atoms with Gasteiger partial charge in [0.1, 0.15) is 12.1 Å². The molecule has 188 valence electrons. The van der Waals surface area contributed by atoms with Crippen LogP contribution in [0.3, 0.4) is 0 Å². The van der Waals surface area contributed by atoms with E-state index < -0.39 is 12.4 Å². The number of aryl methyl sites for hydroxylation is 2. The summed E-state index contributed by atoms with van der Waals surface area (Å²) in [5.74, 6) is -1.10. The predicted molar refractivity (Wildman–Crippen MR) is 139 cm³/mol. The fourth-order valence-corrected chi connectivity index (χ4v) is 3.91. The Hall–Kier alpha value is -2.99. The third-order valence-corrected chi connectivity index (χ3v) is 5.67. The van der Waals surface area contributed by atoms with Gasteiger partial charge in [0.25, 0.3) is 0 Å². The summed E-state index contributed by atoms with van der Waals surface area (Å²) in [6, 6.07) is 7.57. The molecule has 2 heterocycles. The molecule has 0 radical (unpaired) electrons. The molecule has 0 aliphatic heterocycles. The SMILES string of the molecule is CS.Nc1nc(C2=CCCC2)[nH]ncnc2c1cnn2CCCc1ccc(CC(O)(O)CO)cc1. The highest BCUT2D eigenvalue weighted by atomic mass is 32.1. The van der Waals surface area contributed by atoms with Crippen molar-refractivity contribution in [1.82, 2.24) is 29.9 Å². The summed E-state index contributed by atoms with van der Waals surface area (Å²) in [5.41, 5.74) is 9.87. The molecule has 0 amide bonds. The molecule has 35 heavy (non-hydrogen) atoms. The summed E-state index contributed by atoms with van der Waals surface area (Å²) >= 11 is 3.53. The van der Waals surface area contributed by atoms with Crippen molar-refractivity contribution >= 4 is 35.1 Å². The van der Waals surface area contributed by atoms with E-state index in [4.69, 9.17) is 10.8 Å². The Morgan fingerprint density at radius 3 is 2.60 bits per heavy atom. The number of benzene rings is 1. The van der Waals surface area contributed by atoms with Crippen molar-refractivity contribution in [3.63, 3.8) is 0 Å². The standard InChI is InChI=1S/C23H29N7O3.CH4S/c24-20-19-13-27-30(22(19)25-15-26-29-21(28-20)18-5-1-2-6-18)11-3-4-16-7-9-17(10-8-16)12-23(32,33)14-31;1-2/h5,7-10,13,15,31-33H,1-4,6,11-12,14,24H2,(H,28,29);2H,1H3. The van der Waals surface area contributed by atoms with E-state index in [-0.39, 0.29) is 6.42 Å². The first kappa shape index (κ1) is 26.6. The monoisotopic (exact) mass is 499 g/mol. The molecule has 0 atom stereocenters. The van der Waals surface area contributed by atoms with Gasteiger partial charge in [-0.25, -0.2) is 14.6 Å². The number of aromatic amines is 1. The van der Waals surface area contributed by atoms with Gasteiger partial charge in [-0.1, -0.05) is 30.3 Å². The van der Waals surface area contributed by atoms with Crippen molar-refractivity contribution in [1.29, 1.82) is 0 Å². The summed E-state index contributed by atoms with van der Waals surface area (Å²) in [4.78, 5) is 9.00. The number of fused-ring (bicyclic) bond motifs is 1. The lowest BCUT2D eigenvalue weighted by atomic mass is 10.0. The molecule has 0 fully saturated rings. The first-order valence-electron chi connectivity index (χ1n) is 11.5. The van der Waals surface area contributed by atoms with Crippen LogP contribution in [0, 0.1) is 0 Å². The molecule has 0 bridgehead atoms. The van der Waals surface area contributed by atoms with Crippen LogP contribution in [0.1, 0.15) is 42.6 Å². The molecular formula is C24H33N7O3S. The van der Waals surface area contributed by atoms with E-state index in [2.05, 4.69) is 44.0 Å². The number of aromatic nitrogens is 6. The zero-order valence-corrected chi connectivity index (χ0v) is 20.7. The van der Waals surface area contributed by atoms with Crippen LogP contribution in [0.2, 0.25) is 0 Å². The van der Waals surface area contributed by atoms with Crippen molar-refractivity contribution in [3.8, 4) is 0 Å². The Balaban J connectivity index is 0.00000167. The van der Waals surface area contributed by atoms with Crippen LogP contribution in [0.25, 0.3) is 16.6 Å². The minimum atomic E-state index is -2.10. The predicted octanol–water partition coefficient (Wildman–Crippen LogP) is 2.22. The largest absolute Gasteiger partial charge is 0.391 e. The quantitative estimate of drug-likeness (QED) is 0.203. The molecule has 1 aliphatic rings. The first-order valence-corrected chi connectivity index (χ1v) is 12.4. The van der Waals surface area contributed by atoms with Gasteiger partial charge < -0.3 is 21.1 Å². The number of rotatable bonds is 8. The van der Waals surface area contributed by atoms with Crippen LogP contribution < -0.4 is 5.73 Å².